The number of aromatic nitrogens is 2. The molecule has 2 amide bonds. The van der Waals surface area contributed by atoms with Gasteiger partial charge in [0.15, 0.2) is 0 Å². The summed E-state index contributed by atoms with van der Waals surface area (Å²) in [5, 5.41) is 4.27. The van der Waals surface area contributed by atoms with E-state index < -0.39 is 0 Å². The monoisotopic (exact) mass is 316 g/mol. The van der Waals surface area contributed by atoms with Crippen LogP contribution in [-0.4, -0.2) is 56.6 Å². The lowest BCUT2D eigenvalue weighted by Crippen LogP contribution is -2.48. The SMILES string of the molecule is O=C1CC(C(=O)N2CCCCC2Cn2cccn2)CN1C1CC1. The van der Waals surface area contributed by atoms with Gasteiger partial charge in [0.05, 0.1) is 18.5 Å². The summed E-state index contributed by atoms with van der Waals surface area (Å²) in [6, 6.07) is 2.54. The highest BCUT2D eigenvalue weighted by molar-refractivity contribution is 5.89. The van der Waals surface area contributed by atoms with Crippen LogP contribution < -0.4 is 0 Å². The highest BCUT2D eigenvalue weighted by Crippen LogP contribution is 2.34. The van der Waals surface area contributed by atoms with Gasteiger partial charge < -0.3 is 9.80 Å². The van der Waals surface area contributed by atoms with Gasteiger partial charge >= 0.3 is 0 Å². The number of piperidine rings is 1. The molecule has 1 aromatic heterocycles. The molecule has 6 heteroatoms. The first-order valence-electron chi connectivity index (χ1n) is 8.80. The van der Waals surface area contributed by atoms with E-state index in [0.29, 0.717) is 19.0 Å². The Morgan fingerprint density at radius 2 is 2.13 bits per heavy atom. The minimum atomic E-state index is -0.138. The van der Waals surface area contributed by atoms with Crippen LogP contribution in [0.4, 0.5) is 0 Å². The molecule has 2 atom stereocenters. The van der Waals surface area contributed by atoms with Crippen LogP contribution in [0.3, 0.4) is 0 Å². The Balaban J connectivity index is 1.44. The fourth-order valence-corrected chi connectivity index (χ4v) is 3.98. The molecule has 0 aromatic carbocycles. The van der Waals surface area contributed by atoms with Crippen LogP contribution in [0.5, 0.6) is 0 Å². The van der Waals surface area contributed by atoms with E-state index in [-0.39, 0.29) is 23.8 Å². The van der Waals surface area contributed by atoms with Gasteiger partial charge in [-0.05, 0) is 38.2 Å². The van der Waals surface area contributed by atoms with Gasteiger partial charge in [-0.25, -0.2) is 0 Å². The average molecular weight is 316 g/mol. The zero-order valence-electron chi connectivity index (χ0n) is 13.4. The van der Waals surface area contributed by atoms with Crippen LogP contribution in [0.1, 0.15) is 38.5 Å². The van der Waals surface area contributed by atoms with Crippen molar-refractivity contribution in [2.75, 3.05) is 13.1 Å². The lowest BCUT2D eigenvalue weighted by Gasteiger charge is -2.37. The smallest absolute Gasteiger partial charge is 0.228 e. The highest BCUT2D eigenvalue weighted by Gasteiger charge is 2.43. The lowest BCUT2D eigenvalue weighted by atomic mass is 9.98. The molecule has 2 aliphatic heterocycles. The number of amides is 2. The summed E-state index contributed by atoms with van der Waals surface area (Å²) in [6.07, 6.45) is 9.60. The van der Waals surface area contributed by atoms with Crippen molar-refractivity contribution in [3.63, 3.8) is 0 Å². The number of carbonyl (C=O) groups is 2. The largest absolute Gasteiger partial charge is 0.339 e. The standard InChI is InChI=1S/C17H24N4O2/c22-16-10-13(11-21(16)14-5-6-14)17(23)20-9-2-1-4-15(20)12-19-8-3-7-18-19/h3,7-8,13-15H,1-2,4-6,9-12H2. The van der Waals surface area contributed by atoms with Crippen LogP contribution in [0.15, 0.2) is 18.5 Å². The summed E-state index contributed by atoms with van der Waals surface area (Å²) in [7, 11) is 0. The van der Waals surface area contributed by atoms with Crippen molar-refractivity contribution in [1.29, 1.82) is 0 Å². The van der Waals surface area contributed by atoms with Crippen LogP contribution in [0.2, 0.25) is 0 Å². The number of hydrogen-bond donors (Lipinski definition) is 0. The molecule has 124 valence electrons. The first-order valence-corrected chi connectivity index (χ1v) is 8.80. The maximum absolute atomic E-state index is 13.0. The van der Waals surface area contributed by atoms with Crippen molar-refractivity contribution < 1.29 is 9.59 Å². The van der Waals surface area contributed by atoms with Crippen molar-refractivity contribution in [2.24, 2.45) is 5.92 Å². The third-order valence-electron chi connectivity index (χ3n) is 5.36. The quantitative estimate of drug-likeness (QED) is 0.841. The molecular weight excluding hydrogens is 292 g/mol. The van der Waals surface area contributed by atoms with Gasteiger partial charge in [-0.3, -0.25) is 14.3 Å². The van der Waals surface area contributed by atoms with E-state index in [1.54, 1.807) is 6.20 Å². The number of rotatable bonds is 4. The van der Waals surface area contributed by atoms with Crippen molar-refractivity contribution >= 4 is 11.8 Å². The van der Waals surface area contributed by atoms with E-state index in [2.05, 4.69) is 5.10 Å². The van der Waals surface area contributed by atoms with Gasteiger partial charge in [0.2, 0.25) is 11.8 Å². The van der Waals surface area contributed by atoms with Crippen molar-refractivity contribution in [2.45, 2.75) is 57.2 Å². The molecule has 0 bridgehead atoms. The summed E-state index contributed by atoms with van der Waals surface area (Å²) >= 11 is 0. The molecule has 2 saturated heterocycles. The molecule has 0 radical (unpaired) electrons. The summed E-state index contributed by atoms with van der Waals surface area (Å²) in [5.41, 5.74) is 0. The van der Waals surface area contributed by atoms with Crippen LogP contribution in [0, 0.1) is 5.92 Å². The zero-order chi connectivity index (χ0) is 15.8. The average Bonchev–Trinajstić information content (AvgIpc) is 3.13. The van der Waals surface area contributed by atoms with E-state index >= 15 is 0 Å². The minimum absolute atomic E-state index is 0.138. The maximum Gasteiger partial charge on any atom is 0.228 e. The molecule has 23 heavy (non-hydrogen) atoms. The molecule has 1 aromatic rings. The van der Waals surface area contributed by atoms with Crippen LogP contribution >= 0.6 is 0 Å². The van der Waals surface area contributed by atoms with Crippen LogP contribution in [0.25, 0.3) is 0 Å². The Labute approximate surface area is 136 Å². The predicted molar refractivity (Wildman–Crippen MR) is 84.4 cm³/mol. The maximum atomic E-state index is 13.0. The molecule has 4 rings (SSSR count). The number of nitrogens with zero attached hydrogens (tertiary/aromatic N) is 4. The Hall–Kier alpha value is -1.85. The van der Waals surface area contributed by atoms with E-state index in [1.165, 1.54) is 0 Å². The van der Waals surface area contributed by atoms with Gasteiger partial charge in [-0.1, -0.05) is 0 Å². The van der Waals surface area contributed by atoms with E-state index in [0.717, 1.165) is 45.2 Å². The first-order chi connectivity index (χ1) is 11.2. The molecule has 1 aliphatic carbocycles. The number of likely N-dealkylation sites (tertiary alicyclic amines) is 2. The third-order valence-corrected chi connectivity index (χ3v) is 5.36. The topological polar surface area (TPSA) is 58.4 Å². The molecule has 2 unspecified atom stereocenters. The molecule has 3 fully saturated rings. The van der Waals surface area contributed by atoms with Crippen LogP contribution in [-0.2, 0) is 16.1 Å². The summed E-state index contributed by atoms with van der Waals surface area (Å²) in [6.45, 7) is 2.21. The second-order valence-electron chi connectivity index (χ2n) is 7.09. The molecule has 0 spiro atoms. The molecule has 3 aliphatic rings. The molecule has 6 nitrogen and oxygen atoms in total. The Kier molecular flexibility index (Phi) is 3.83. The number of hydrogen-bond acceptors (Lipinski definition) is 3. The number of carbonyl (C=O) groups excluding carboxylic acids is 2. The zero-order valence-corrected chi connectivity index (χ0v) is 13.4. The predicted octanol–water partition coefficient (Wildman–Crippen LogP) is 1.28. The molecule has 1 saturated carbocycles. The Morgan fingerprint density at radius 3 is 2.87 bits per heavy atom. The summed E-state index contributed by atoms with van der Waals surface area (Å²) in [5.74, 6) is 0.214. The fraction of sp³-hybridized carbons (Fsp3) is 0.706. The lowest BCUT2D eigenvalue weighted by molar-refractivity contribution is -0.139. The van der Waals surface area contributed by atoms with Gasteiger partial charge in [0, 0.05) is 37.9 Å². The van der Waals surface area contributed by atoms with Gasteiger partial charge in [-0.2, -0.15) is 5.10 Å². The third kappa shape index (κ3) is 2.99. The minimum Gasteiger partial charge on any atom is -0.339 e. The Bertz CT molecular complexity index is 581. The first kappa shape index (κ1) is 14.7. The second-order valence-corrected chi connectivity index (χ2v) is 7.09. The summed E-state index contributed by atoms with van der Waals surface area (Å²) in [4.78, 5) is 29.1. The fourth-order valence-electron chi connectivity index (χ4n) is 3.98. The van der Waals surface area contributed by atoms with Gasteiger partial charge in [-0.15, -0.1) is 0 Å². The van der Waals surface area contributed by atoms with E-state index in [1.807, 2.05) is 26.7 Å². The molecule has 3 heterocycles. The molecule has 0 N–H and O–H groups in total. The highest BCUT2D eigenvalue weighted by atomic mass is 16.2. The van der Waals surface area contributed by atoms with E-state index in [4.69, 9.17) is 0 Å². The Morgan fingerprint density at radius 1 is 1.26 bits per heavy atom. The second kappa shape index (κ2) is 5.98. The van der Waals surface area contributed by atoms with Gasteiger partial charge in [0.25, 0.3) is 0 Å². The van der Waals surface area contributed by atoms with Crippen molar-refractivity contribution in [3.05, 3.63) is 18.5 Å². The van der Waals surface area contributed by atoms with Crippen molar-refractivity contribution in [1.82, 2.24) is 19.6 Å². The van der Waals surface area contributed by atoms with E-state index in [9.17, 15) is 9.59 Å². The summed E-state index contributed by atoms with van der Waals surface area (Å²) < 4.78 is 1.91. The van der Waals surface area contributed by atoms with Gasteiger partial charge in [0.1, 0.15) is 0 Å². The molecular formula is C17H24N4O2. The normalized spacial score (nSPS) is 28.4. The van der Waals surface area contributed by atoms with Crippen molar-refractivity contribution in [3.8, 4) is 0 Å².